The van der Waals surface area contributed by atoms with Crippen LogP contribution in [0.15, 0.2) is 0 Å². The minimum atomic E-state index is 0. The van der Waals surface area contributed by atoms with Crippen LogP contribution in [0.5, 0.6) is 0 Å². The van der Waals surface area contributed by atoms with Gasteiger partial charge >= 0.3 is 0 Å². The molecule has 11 heavy (non-hydrogen) atoms. The predicted octanol–water partition coefficient (Wildman–Crippen LogP) is -0.395. The Morgan fingerprint density at radius 2 is 0.364 bits per heavy atom. The summed E-state index contributed by atoms with van der Waals surface area (Å²) in [6.07, 6.45) is 0. The van der Waals surface area contributed by atoms with E-state index < -0.39 is 0 Å². The van der Waals surface area contributed by atoms with Gasteiger partial charge in [-0.05, 0) is 0 Å². The van der Waals surface area contributed by atoms with Crippen LogP contribution in [0.1, 0.15) is 14.9 Å². The second kappa shape index (κ2) is 165. The fraction of sp³-hybridized carbons (Fsp3) is 1.00. The van der Waals surface area contributed by atoms with Gasteiger partial charge in [0.25, 0.3) is 0 Å². The fourth-order valence-electron chi connectivity index (χ4n) is 0. The van der Waals surface area contributed by atoms with E-state index in [1.165, 1.54) is 0 Å². The molecule has 0 unspecified atom stereocenters. The zero-order chi connectivity index (χ0) is 0. The van der Waals surface area contributed by atoms with E-state index in [0.717, 1.165) is 0 Å². The summed E-state index contributed by atoms with van der Waals surface area (Å²) in [5.41, 5.74) is 0. The van der Waals surface area contributed by atoms with Crippen molar-refractivity contribution in [2.24, 2.45) is 0 Å². The van der Waals surface area contributed by atoms with Crippen LogP contribution in [-0.4, -0.2) is 11.0 Å². The monoisotopic (exact) mass is 440 g/mol. The molecule has 2 nitrogen and oxygen atoms in total. The molecule has 0 heterocycles. The first-order valence-electron chi connectivity index (χ1n) is 0. The molecule has 0 aliphatic heterocycles. The van der Waals surface area contributed by atoms with Crippen LogP contribution in [-0.2, 0) is 121 Å². The molecule has 0 saturated carbocycles. The van der Waals surface area contributed by atoms with E-state index in [-0.39, 0.29) is 147 Å². The molecular weight excluding hydrogens is 428 g/mol. The van der Waals surface area contributed by atoms with Gasteiger partial charge in [-0.2, -0.15) is 0 Å². The van der Waals surface area contributed by atoms with Crippen molar-refractivity contribution in [2.45, 2.75) is 14.9 Å². The Kier molecular flexibility index (Phi) is 3110. The van der Waals surface area contributed by atoms with Gasteiger partial charge in [-0.25, -0.2) is 0 Å². The molecule has 0 rings (SSSR count). The van der Waals surface area contributed by atoms with E-state index in [1.807, 2.05) is 0 Å². The SMILES string of the molecule is C.C.O.O.[Cr].[Cr].[Cr].[Cr].[Cr].[Fe].[Fe]. The zero-order valence-electron chi connectivity index (χ0n) is 3.75. The molecule has 0 saturated heterocycles. The van der Waals surface area contributed by atoms with Gasteiger partial charge < -0.3 is 11.0 Å². The Labute approximate surface area is 145 Å². The average Bonchev–Trinajstić information content (AvgIpc) is 0. The molecule has 0 fully saturated rings. The number of hydrogen-bond donors (Lipinski definition) is 0. The quantitative estimate of drug-likeness (QED) is 0.461. The van der Waals surface area contributed by atoms with Gasteiger partial charge in [-0.1, -0.05) is 14.9 Å². The summed E-state index contributed by atoms with van der Waals surface area (Å²) in [6, 6.07) is 0. The van der Waals surface area contributed by atoms with Crippen LogP contribution in [0.3, 0.4) is 0 Å². The first-order chi connectivity index (χ1) is 0. The molecule has 0 aliphatic rings. The minimum Gasteiger partial charge on any atom is -0.412 e. The van der Waals surface area contributed by atoms with Crippen LogP contribution in [0, 0.1) is 0 Å². The van der Waals surface area contributed by atoms with E-state index >= 15 is 0 Å². The molecule has 0 bridgehead atoms. The van der Waals surface area contributed by atoms with Crippen LogP contribution < -0.4 is 0 Å². The smallest absolute Gasteiger partial charge is 0 e. The zero-order valence-corrected chi connectivity index (χ0v) is 12.3. The molecule has 0 radical (unpaired) electrons. The van der Waals surface area contributed by atoms with Crippen LogP contribution >= 0.6 is 0 Å². The first-order valence-corrected chi connectivity index (χ1v) is 0. The maximum atomic E-state index is 0. The molecule has 0 atom stereocenters. The minimum absolute atomic E-state index is 0. The summed E-state index contributed by atoms with van der Waals surface area (Å²) >= 11 is 0. The molecule has 0 aliphatic carbocycles. The van der Waals surface area contributed by atoms with Gasteiger partial charge in [0, 0.05) is 121 Å². The van der Waals surface area contributed by atoms with E-state index in [2.05, 4.69) is 0 Å². The van der Waals surface area contributed by atoms with Gasteiger partial charge in [0.15, 0.2) is 0 Å². The summed E-state index contributed by atoms with van der Waals surface area (Å²) < 4.78 is 0. The van der Waals surface area contributed by atoms with Crippen molar-refractivity contribution in [3.63, 3.8) is 0 Å². The number of rotatable bonds is 0. The normalized spacial score (nSPS) is 0. The van der Waals surface area contributed by atoms with E-state index in [9.17, 15) is 0 Å². The second-order valence-corrected chi connectivity index (χ2v) is 0. The first kappa shape index (κ1) is 207. The molecule has 0 spiro atoms. The van der Waals surface area contributed by atoms with Gasteiger partial charge in [0.1, 0.15) is 0 Å². The molecule has 4 N–H and O–H groups in total. The Morgan fingerprint density at radius 3 is 0.364 bits per heavy atom. The number of hydrogen-bond acceptors (Lipinski definition) is 0. The van der Waals surface area contributed by atoms with Crippen LogP contribution in [0.25, 0.3) is 0 Å². The summed E-state index contributed by atoms with van der Waals surface area (Å²) in [4.78, 5) is 0. The third-order valence-corrected chi connectivity index (χ3v) is 0. The van der Waals surface area contributed by atoms with Crippen molar-refractivity contribution in [3.8, 4) is 0 Å². The molecule has 9 heteroatoms. The van der Waals surface area contributed by atoms with Crippen molar-refractivity contribution in [2.75, 3.05) is 0 Å². The third-order valence-electron chi connectivity index (χ3n) is 0. The van der Waals surface area contributed by atoms with E-state index in [1.54, 1.807) is 0 Å². The Morgan fingerprint density at radius 1 is 0.364 bits per heavy atom. The van der Waals surface area contributed by atoms with Crippen molar-refractivity contribution < 1.29 is 132 Å². The Bertz CT molecular complexity index is 20.4. The summed E-state index contributed by atoms with van der Waals surface area (Å²) in [5, 5.41) is 0. The molecular formula is C2H12Cr5Fe2O2. The van der Waals surface area contributed by atoms with Gasteiger partial charge in [-0.15, -0.1) is 0 Å². The Hall–Kier alpha value is 3.62. The van der Waals surface area contributed by atoms with Gasteiger partial charge in [-0.3, -0.25) is 0 Å². The van der Waals surface area contributed by atoms with Gasteiger partial charge in [0.05, 0.1) is 0 Å². The van der Waals surface area contributed by atoms with Gasteiger partial charge in [0.2, 0.25) is 0 Å². The van der Waals surface area contributed by atoms with Crippen molar-refractivity contribution in [1.29, 1.82) is 0 Å². The average molecular weight is 440 g/mol. The van der Waals surface area contributed by atoms with Crippen molar-refractivity contribution in [3.05, 3.63) is 0 Å². The van der Waals surface area contributed by atoms with Crippen molar-refractivity contribution >= 4 is 0 Å². The summed E-state index contributed by atoms with van der Waals surface area (Å²) in [5.74, 6) is 0. The molecule has 0 amide bonds. The molecule has 0 aromatic rings. The van der Waals surface area contributed by atoms with Crippen LogP contribution in [0.4, 0.5) is 0 Å². The van der Waals surface area contributed by atoms with E-state index in [4.69, 9.17) is 0 Å². The van der Waals surface area contributed by atoms with Crippen LogP contribution in [0.2, 0.25) is 0 Å². The van der Waals surface area contributed by atoms with Crippen molar-refractivity contribution in [1.82, 2.24) is 0 Å². The van der Waals surface area contributed by atoms with E-state index in [0.29, 0.717) is 0 Å². The molecule has 0 aromatic heterocycles. The fourth-order valence-corrected chi connectivity index (χ4v) is 0. The maximum absolute atomic E-state index is 0. The maximum Gasteiger partial charge on any atom is 0 e. The summed E-state index contributed by atoms with van der Waals surface area (Å²) in [6.45, 7) is 0. The topological polar surface area (TPSA) is 63.0 Å². The Balaban J connectivity index is 0. The molecule has 0 aromatic carbocycles. The summed E-state index contributed by atoms with van der Waals surface area (Å²) in [7, 11) is 0. The largest absolute Gasteiger partial charge is 0.412 e. The molecule has 78 valence electrons. The third kappa shape index (κ3) is 140. The predicted molar refractivity (Wildman–Crippen MR) is 20.7 cm³/mol. The standard InChI is InChI=1S/2CH4.5Cr.2Fe.2H2O/h2*1H4;;;;;;;;2*1H2. The second-order valence-electron chi connectivity index (χ2n) is 0.